The lowest BCUT2D eigenvalue weighted by Crippen LogP contribution is -2.46. The molecule has 1 heterocycles. The summed E-state index contributed by atoms with van der Waals surface area (Å²) >= 11 is 3.54. The molecule has 1 saturated heterocycles. The van der Waals surface area contributed by atoms with Crippen LogP contribution in [0.4, 0.5) is 0 Å². The van der Waals surface area contributed by atoms with E-state index in [2.05, 4.69) is 64.7 Å². The van der Waals surface area contributed by atoms with E-state index in [9.17, 15) is 0 Å². The molecule has 0 radical (unpaired) electrons. The molecule has 0 unspecified atom stereocenters. The second kappa shape index (κ2) is 8.90. The highest BCUT2D eigenvalue weighted by molar-refractivity contribution is 9.10. The third-order valence-electron chi connectivity index (χ3n) is 4.38. The SMILES string of the molecule is CCN1CCN(CCCOc2ccc(Br)cc2C(C)C)CC1. The molecule has 3 nitrogen and oxygen atoms in total. The molecule has 1 aromatic rings. The Bertz CT molecular complexity index is 456. The Morgan fingerprint density at radius 3 is 2.45 bits per heavy atom. The van der Waals surface area contributed by atoms with Crippen LogP contribution in [-0.2, 0) is 0 Å². The summed E-state index contributed by atoms with van der Waals surface area (Å²) in [6.07, 6.45) is 1.10. The Balaban J connectivity index is 1.73. The van der Waals surface area contributed by atoms with Crippen LogP contribution < -0.4 is 4.74 Å². The van der Waals surface area contributed by atoms with Crippen molar-refractivity contribution in [2.24, 2.45) is 0 Å². The number of hydrogen-bond donors (Lipinski definition) is 0. The molecule has 0 atom stereocenters. The van der Waals surface area contributed by atoms with Crippen molar-refractivity contribution in [3.8, 4) is 5.75 Å². The van der Waals surface area contributed by atoms with Gasteiger partial charge in [-0.3, -0.25) is 0 Å². The van der Waals surface area contributed by atoms with Gasteiger partial charge >= 0.3 is 0 Å². The Labute approximate surface area is 143 Å². The first kappa shape index (κ1) is 17.8. The molecule has 124 valence electrons. The predicted octanol–water partition coefficient (Wildman–Crippen LogP) is 3.98. The molecule has 0 aromatic heterocycles. The standard InChI is InChI=1S/C18H29BrN2O/c1-4-20-9-11-21(12-10-20)8-5-13-22-18-7-6-16(19)14-17(18)15(2)3/h6-7,14-15H,4-5,8-13H2,1-3H3. The minimum absolute atomic E-state index is 0.481. The first-order chi connectivity index (χ1) is 10.6. The van der Waals surface area contributed by atoms with Gasteiger partial charge in [0.25, 0.3) is 0 Å². The second-order valence-corrected chi connectivity index (χ2v) is 7.23. The first-order valence-electron chi connectivity index (χ1n) is 8.47. The highest BCUT2D eigenvalue weighted by atomic mass is 79.9. The molecule has 1 fully saturated rings. The quantitative estimate of drug-likeness (QED) is 0.677. The topological polar surface area (TPSA) is 15.7 Å². The molecule has 0 N–H and O–H groups in total. The molecular weight excluding hydrogens is 340 g/mol. The van der Waals surface area contributed by atoms with Gasteiger partial charge < -0.3 is 14.5 Å². The summed E-state index contributed by atoms with van der Waals surface area (Å²) in [5, 5.41) is 0. The van der Waals surface area contributed by atoms with Crippen LogP contribution in [0.1, 0.15) is 38.7 Å². The third-order valence-corrected chi connectivity index (χ3v) is 4.88. The minimum Gasteiger partial charge on any atom is -0.493 e. The number of rotatable bonds is 7. The van der Waals surface area contributed by atoms with Crippen molar-refractivity contribution >= 4 is 15.9 Å². The lowest BCUT2D eigenvalue weighted by molar-refractivity contribution is 0.130. The number of likely N-dealkylation sites (N-methyl/N-ethyl adjacent to an activating group) is 1. The van der Waals surface area contributed by atoms with Crippen LogP contribution >= 0.6 is 15.9 Å². The van der Waals surface area contributed by atoms with Gasteiger partial charge in [-0.1, -0.05) is 36.7 Å². The third kappa shape index (κ3) is 5.25. The van der Waals surface area contributed by atoms with Crippen molar-refractivity contribution < 1.29 is 4.74 Å². The van der Waals surface area contributed by atoms with E-state index in [0.717, 1.165) is 29.8 Å². The van der Waals surface area contributed by atoms with Crippen LogP contribution in [0.15, 0.2) is 22.7 Å². The van der Waals surface area contributed by atoms with E-state index in [-0.39, 0.29) is 0 Å². The fraction of sp³-hybridized carbons (Fsp3) is 0.667. The molecule has 4 heteroatoms. The molecule has 1 aromatic carbocycles. The zero-order chi connectivity index (χ0) is 15.9. The van der Waals surface area contributed by atoms with Gasteiger partial charge in [-0.2, -0.15) is 0 Å². The van der Waals surface area contributed by atoms with E-state index in [1.54, 1.807) is 0 Å². The minimum atomic E-state index is 0.481. The fourth-order valence-electron chi connectivity index (χ4n) is 2.90. The van der Waals surface area contributed by atoms with E-state index in [1.807, 2.05) is 0 Å². The normalized spacial score (nSPS) is 17.1. The summed E-state index contributed by atoms with van der Waals surface area (Å²) in [6.45, 7) is 14.6. The highest BCUT2D eigenvalue weighted by Gasteiger charge is 2.15. The molecular formula is C18H29BrN2O. The van der Waals surface area contributed by atoms with E-state index < -0.39 is 0 Å². The number of benzene rings is 1. The average Bonchev–Trinajstić information content (AvgIpc) is 2.53. The van der Waals surface area contributed by atoms with E-state index in [1.165, 1.54) is 38.3 Å². The highest BCUT2D eigenvalue weighted by Crippen LogP contribution is 2.29. The Morgan fingerprint density at radius 2 is 1.82 bits per heavy atom. The maximum absolute atomic E-state index is 6.03. The number of nitrogens with zero attached hydrogens (tertiary/aromatic N) is 2. The van der Waals surface area contributed by atoms with E-state index >= 15 is 0 Å². The monoisotopic (exact) mass is 368 g/mol. The van der Waals surface area contributed by atoms with Gasteiger partial charge in [0.15, 0.2) is 0 Å². The van der Waals surface area contributed by atoms with Crippen molar-refractivity contribution in [2.45, 2.75) is 33.1 Å². The second-order valence-electron chi connectivity index (χ2n) is 6.31. The maximum Gasteiger partial charge on any atom is 0.122 e. The lowest BCUT2D eigenvalue weighted by Gasteiger charge is -2.33. The molecule has 1 aliphatic rings. The van der Waals surface area contributed by atoms with Crippen LogP contribution in [0, 0.1) is 0 Å². The van der Waals surface area contributed by atoms with Gasteiger partial charge in [0.1, 0.15) is 5.75 Å². The van der Waals surface area contributed by atoms with Crippen molar-refractivity contribution in [2.75, 3.05) is 45.9 Å². The summed E-state index contributed by atoms with van der Waals surface area (Å²) in [7, 11) is 0. The van der Waals surface area contributed by atoms with Crippen LogP contribution in [0.2, 0.25) is 0 Å². The predicted molar refractivity (Wildman–Crippen MR) is 96.9 cm³/mol. The van der Waals surface area contributed by atoms with Crippen LogP contribution in [-0.4, -0.2) is 55.7 Å². The largest absolute Gasteiger partial charge is 0.493 e. The molecule has 0 amide bonds. The Hall–Kier alpha value is -0.580. The molecule has 1 aliphatic heterocycles. The Morgan fingerprint density at radius 1 is 1.14 bits per heavy atom. The number of hydrogen-bond acceptors (Lipinski definition) is 3. The van der Waals surface area contributed by atoms with E-state index in [0.29, 0.717) is 5.92 Å². The summed E-state index contributed by atoms with van der Waals surface area (Å²) in [5.41, 5.74) is 1.28. The first-order valence-corrected chi connectivity index (χ1v) is 9.26. The van der Waals surface area contributed by atoms with Gasteiger partial charge in [-0.05, 0) is 42.6 Å². The molecule has 0 spiro atoms. The molecule has 0 aliphatic carbocycles. The molecule has 2 rings (SSSR count). The van der Waals surface area contributed by atoms with Gasteiger partial charge in [0.2, 0.25) is 0 Å². The van der Waals surface area contributed by atoms with Crippen LogP contribution in [0.3, 0.4) is 0 Å². The number of ether oxygens (including phenoxy) is 1. The van der Waals surface area contributed by atoms with Crippen molar-refractivity contribution in [1.82, 2.24) is 9.80 Å². The van der Waals surface area contributed by atoms with Gasteiger partial charge in [0.05, 0.1) is 6.61 Å². The van der Waals surface area contributed by atoms with Crippen LogP contribution in [0.25, 0.3) is 0 Å². The summed E-state index contributed by atoms with van der Waals surface area (Å²) in [4.78, 5) is 5.07. The maximum atomic E-state index is 6.03. The number of piperazine rings is 1. The summed E-state index contributed by atoms with van der Waals surface area (Å²) in [6, 6.07) is 6.31. The van der Waals surface area contributed by atoms with Gasteiger partial charge in [0, 0.05) is 37.2 Å². The smallest absolute Gasteiger partial charge is 0.122 e. The van der Waals surface area contributed by atoms with Crippen molar-refractivity contribution in [3.63, 3.8) is 0 Å². The molecule has 22 heavy (non-hydrogen) atoms. The Kier molecular flexibility index (Phi) is 7.19. The molecule has 0 bridgehead atoms. The zero-order valence-corrected chi connectivity index (χ0v) is 15.7. The van der Waals surface area contributed by atoms with Gasteiger partial charge in [-0.15, -0.1) is 0 Å². The van der Waals surface area contributed by atoms with Crippen molar-refractivity contribution in [1.29, 1.82) is 0 Å². The van der Waals surface area contributed by atoms with E-state index in [4.69, 9.17) is 4.74 Å². The average molecular weight is 369 g/mol. The van der Waals surface area contributed by atoms with Crippen LogP contribution in [0.5, 0.6) is 5.75 Å². The zero-order valence-electron chi connectivity index (χ0n) is 14.1. The lowest BCUT2D eigenvalue weighted by atomic mass is 10.0. The van der Waals surface area contributed by atoms with Crippen molar-refractivity contribution in [3.05, 3.63) is 28.2 Å². The molecule has 0 saturated carbocycles. The number of halogens is 1. The summed E-state index contributed by atoms with van der Waals surface area (Å²) in [5.74, 6) is 1.52. The van der Waals surface area contributed by atoms with Gasteiger partial charge in [-0.25, -0.2) is 0 Å². The fourth-order valence-corrected chi connectivity index (χ4v) is 3.28. The summed E-state index contributed by atoms with van der Waals surface area (Å²) < 4.78 is 7.15.